The number of methoxy groups -OCH3 is 1. The highest BCUT2D eigenvalue weighted by Crippen LogP contribution is 2.32. The number of nitrogens with two attached hydrogens (primary N) is 1. The van der Waals surface area contributed by atoms with Gasteiger partial charge >= 0.3 is 0 Å². The molecule has 0 unspecified atom stereocenters. The molecule has 0 atom stereocenters. The summed E-state index contributed by atoms with van der Waals surface area (Å²) in [4.78, 5) is 12.9. The van der Waals surface area contributed by atoms with E-state index in [9.17, 15) is 0 Å². The second-order valence-electron chi connectivity index (χ2n) is 6.68. The van der Waals surface area contributed by atoms with Gasteiger partial charge in [-0.15, -0.1) is 0 Å². The van der Waals surface area contributed by atoms with Crippen LogP contribution in [0, 0.1) is 13.8 Å². The first-order chi connectivity index (χ1) is 14.0. The topological polar surface area (TPSA) is 95.2 Å². The lowest BCUT2D eigenvalue weighted by atomic mass is 10.1. The van der Waals surface area contributed by atoms with Crippen LogP contribution in [0.4, 0.5) is 17.2 Å². The van der Waals surface area contributed by atoms with E-state index < -0.39 is 0 Å². The summed E-state index contributed by atoms with van der Waals surface area (Å²) in [6, 6.07) is 13.3. The van der Waals surface area contributed by atoms with Crippen molar-refractivity contribution in [3.8, 4) is 17.2 Å². The number of fused-ring (bicyclic) bond motifs is 1. The average Bonchev–Trinajstić information content (AvgIpc) is 2.71. The van der Waals surface area contributed by atoms with Gasteiger partial charge in [0.2, 0.25) is 0 Å². The molecule has 3 N–H and O–H groups in total. The fourth-order valence-corrected chi connectivity index (χ4v) is 3.00. The number of nitrogens with one attached hydrogen (secondary N) is 1. The Labute approximate surface area is 168 Å². The number of rotatable bonds is 5. The maximum Gasteiger partial charge on any atom is 0.145 e. The molecule has 0 amide bonds. The fraction of sp³-hybridized carbons (Fsp3) is 0.136. The molecule has 0 fully saturated rings. The van der Waals surface area contributed by atoms with E-state index in [-0.39, 0.29) is 0 Å². The maximum absolute atomic E-state index is 6.06. The summed E-state index contributed by atoms with van der Waals surface area (Å²) in [6.07, 6.45) is 3.22. The lowest BCUT2D eigenvalue weighted by molar-refractivity contribution is 0.417. The van der Waals surface area contributed by atoms with Crippen LogP contribution in [0.3, 0.4) is 0 Å². The molecule has 7 heteroatoms. The molecule has 2 aromatic carbocycles. The Morgan fingerprint density at radius 1 is 0.931 bits per heavy atom. The molecule has 29 heavy (non-hydrogen) atoms. The third kappa shape index (κ3) is 3.89. The van der Waals surface area contributed by atoms with Crippen LogP contribution < -0.4 is 20.5 Å². The number of anilines is 3. The van der Waals surface area contributed by atoms with Crippen LogP contribution >= 0.6 is 0 Å². The molecule has 0 saturated carbocycles. The zero-order valence-electron chi connectivity index (χ0n) is 16.4. The number of hydrogen-bond acceptors (Lipinski definition) is 7. The Morgan fingerprint density at radius 2 is 1.79 bits per heavy atom. The number of nitrogen functional groups attached to an aromatic ring is 1. The van der Waals surface area contributed by atoms with Gasteiger partial charge in [0.25, 0.3) is 0 Å². The summed E-state index contributed by atoms with van der Waals surface area (Å²) in [6.45, 7) is 3.93. The normalized spacial score (nSPS) is 10.7. The van der Waals surface area contributed by atoms with Crippen molar-refractivity contribution in [1.82, 2.24) is 15.0 Å². The Bertz CT molecular complexity index is 1180. The van der Waals surface area contributed by atoms with Crippen molar-refractivity contribution >= 4 is 28.1 Å². The van der Waals surface area contributed by atoms with Crippen LogP contribution in [0.2, 0.25) is 0 Å². The van der Waals surface area contributed by atoms with E-state index in [2.05, 4.69) is 20.3 Å². The van der Waals surface area contributed by atoms with Crippen LogP contribution in [0.25, 0.3) is 10.9 Å². The first kappa shape index (κ1) is 18.5. The predicted octanol–water partition coefficient (Wildman–Crippen LogP) is 4.77. The molecule has 4 rings (SSSR count). The van der Waals surface area contributed by atoms with E-state index in [1.54, 1.807) is 19.4 Å². The van der Waals surface area contributed by atoms with E-state index >= 15 is 0 Å². The summed E-state index contributed by atoms with van der Waals surface area (Å²) < 4.78 is 11.2. The van der Waals surface area contributed by atoms with Gasteiger partial charge in [-0.3, -0.25) is 4.98 Å². The third-order valence-electron chi connectivity index (χ3n) is 4.54. The molecule has 0 aliphatic carbocycles. The smallest absolute Gasteiger partial charge is 0.145 e. The van der Waals surface area contributed by atoms with E-state index in [1.807, 2.05) is 50.2 Å². The molecule has 0 radical (unpaired) electrons. The van der Waals surface area contributed by atoms with Gasteiger partial charge in [-0.25, -0.2) is 9.97 Å². The highest BCUT2D eigenvalue weighted by Gasteiger charge is 2.10. The molecule has 0 saturated heterocycles. The fourth-order valence-electron chi connectivity index (χ4n) is 3.00. The van der Waals surface area contributed by atoms with E-state index in [1.165, 1.54) is 6.33 Å². The second-order valence-corrected chi connectivity index (χ2v) is 6.68. The summed E-state index contributed by atoms with van der Waals surface area (Å²) in [5, 5.41) is 4.15. The Balaban J connectivity index is 1.61. The molecular formula is C22H21N5O2. The van der Waals surface area contributed by atoms with Crippen molar-refractivity contribution < 1.29 is 9.47 Å². The van der Waals surface area contributed by atoms with Crippen LogP contribution in [-0.2, 0) is 0 Å². The molecule has 4 aromatic rings. The number of nitrogens with zero attached hydrogens (tertiary/aromatic N) is 3. The molecule has 146 valence electrons. The van der Waals surface area contributed by atoms with Crippen molar-refractivity contribution in [2.75, 3.05) is 18.2 Å². The number of hydrogen-bond donors (Lipinski definition) is 2. The summed E-state index contributed by atoms with van der Waals surface area (Å²) in [5.74, 6) is 2.72. The van der Waals surface area contributed by atoms with Gasteiger partial charge in [0, 0.05) is 22.8 Å². The van der Waals surface area contributed by atoms with Crippen molar-refractivity contribution in [2.24, 2.45) is 0 Å². The Hall–Kier alpha value is -3.87. The van der Waals surface area contributed by atoms with Gasteiger partial charge in [-0.05, 0) is 55.8 Å². The summed E-state index contributed by atoms with van der Waals surface area (Å²) in [7, 11) is 1.58. The minimum absolute atomic E-state index is 0.532. The van der Waals surface area contributed by atoms with Crippen LogP contribution in [0.1, 0.15) is 11.3 Å². The number of ether oxygens (including phenoxy) is 2. The summed E-state index contributed by atoms with van der Waals surface area (Å²) >= 11 is 0. The summed E-state index contributed by atoms with van der Waals surface area (Å²) in [5.41, 5.74) is 10.1. The maximum atomic E-state index is 6.06. The number of benzene rings is 2. The van der Waals surface area contributed by atoms with Gasteiger partial charge in [0.05, 0.1) is 24.5 Å². The first-order valence-corrected chi connectivity index (χ1v) is 9.10. The second kappa shape index (κ2) is 7.63. The molecule has 2 heterocycles. The number of aryl methyl sites for hydroxylation is 2. The molecular weight excluding hydrogens is 366 g/mol. The zero-order valence-corrected chi connectivity index (χ0v) is 16.4. The zero-order chi connectivity index (χ0) is 20.4. The Kier molecular flexibility index (Phi) is 4.87. The monoisotopic (exact) mass is 387 g/mol. The SMILES string of the molecule is COc1cc2ncnc(Nc3ccc(Oc4ccc(C)nc4)c(C)c3)c2cc1N. The van der Waals surface area contributed by atoms with Gasteiger partial charge in [0.15, 0.2) is 0 Å². The quantitative estimate of drug-likeness (QED) is 0.476. The van der Waals surface area contributed by atoms with E-state index in [0.717, 1.165) is 33.6 Å². The lowest BCUT2D eigenvalue weighted by Gasteiger charge is -2.13. The molecule has 2 aromatic heterocycles. The van der Waals surface area contributed by atoms with Crippen molar-refractivity contribution in [1.29, 1.82) is 0 Å². The van der Waals surface area contributed by atoms with Gasteiger partial charge in [0.1, 0.15) is 29.4 Å². The molecule has 0 aliphatic heterocycles. The predicted molar refractivity (Wildman–Crippen MR) is 114 cm³/mol. The van der Waals surface area contributed by atoms with Gasteiger partial charge in [-0.1, -0.05) is 0 Å². The minimum atomic E-state index is 0.532. The van der Waals surface area contributed by atoms with E-state index in [4.69, 9.17) is 15.2 Å². The highest BCUT2D eigenvalue weighted by molar-refractivity contribution is 5.94. The molecule has 7 nitrogen and oxygen atoms in total. The third-order valence-corrected chi connectivity index (χ3v) is 4.54. The molecule has 0 bridgehead atoms. The average molecular weight is 387 g/mol. The number of pyridine rings is 1. The molecule has 0 spiro atoms. The van der Waals surface area contributed by atoms with Gasteiger partial charge < -0.3 is 20.5 Å². The van der Waals surface area contributed by atoms with Crippen LogP contribution in [-0.4, -0.2) is 22.1 Å². The van der Waals surface area contributed by atoms with Crippen molar-refractivity contribution in [3.63, 3.8) is 0 Å². The standard InChI is InChI=1S/C22H21N5O2/c1-13-8-15(5-7-20(13)29-16-6-4-14(2)24-11-16)27-22-17-9-18(23)21(28-3)10-19(17)25-12-26-22/h4-12H,23H2,1-3H3,(H,25,26,27). The largest absolute Gasteiger partial charge is 0.495 e. The minimum Gasteiger partial charge on any atom is -0.495 e. The van der Waals surface area contributed by atoms with Crippen molar-refractivity contribution in [3.05, 3.63) is 66.2 Å². The van der Waals surface area contributed by atoms with Crippen molar-refractivity contribution in [2.45, 2.75) is 13.8 Å². The number of aromatic nitrogens is 3. The van der Waals surface area contributed by atoms with Crippen LogP contribution in [0.15, 0.2) is 55.0 Å². The van der Waals surface area contributed by atoms with E-state index in [0.29, 0.717) is 23.0 Å². The van der Waals surface area contributed by atoms with Gasteiger partial charge in [-0.2, -0.15) is 0 Å². The van der Waals surface area contributed by atoms with Crippen LogP contribution in [0.5, 0.6) is 17.2 Å². The Morgan fingerprint density at radius 3 is 2.52 bits per heavy atom. The molecule has 0 aliphatic rings. The highest BCUT2D eigenvalue weighted by atomic mass is 16.5. The lowest BCUT2D eigenvalue weighted by Crippen LogP contribution is -1.99. The first-order valence-electron chi connectivity index (χ1n) is 9.10.